The predicted octanol–water partition coefficient (Wildman–Crippen LogP) is 2.15. The number of phenols is 1. The fourth-order valence-electron chi connectivity index (χ4n) is 1.60. The Morgan fingerprint density at radius 2 is 2.15 bits per heavy atom. The molecule has 0 saturated heterocycles. The van der Waals surface area contributed by atoms with E-state index in [2.05, 4.69) is 15.9 Å². The molecule has 0 spiro atoms. The van der Waals surface area contributed by atoms with E-state index < -0.39 is 0 Å². The molecule has 2 rings (SSSR count). The number of rotatable bonds is 2. The lowest BCUT2D eigenvalue weighted by Crippen LogP contribution is -2.19. The maximum absolute atomic E-state index is 9.32. The fraction of sp³-hybridized carbons (Fsp3) is 0.400. The molecule has 0 aliphatic heterocycles. The van der Waals surface area contributed by atoms with Gasteiger partial charge < -0.3 is 10.8 Å². The van der Waals surface area contributed by atoms with E-state index in [1.54, 1.807) is 6.07 Å². The normalized spacial score (nSPS) is 18.6. The Bertz CT molecular complexity index is 334. The molecule has 70 valence electrons. The summed E-state index contributed by atoms with van der Waals surface area (Å²) in [6.07, 6.45) is 2.33. The number of phenolic OH excluding ortho intramolecular Hbond substituents is 1. The summed E-state index contributed by atoms with van der Waals surface area (Å²) in [7, 11) is 0. The second-order valence-corrected chi connectivity index (χ2v) is 4.50. The maximum Gasteiger partial charge on any atom is 0.129 e. The summed E-state index contributed by atoms with van der Waals surface area (Å²) in [4.78, 5) is 0. The average Bonchev–Trinajstić information content (AvgIpc) is 2.90. The van der Waals surface area contributed by atoms with Crippen molar-refractivity contribution in [3.63, 3.8) is 0 Å². The first-order valence-corrected chi connectivity index (χ1v) is 5.16. The van der Waals surface area contributed by atoms with Crippen LogP contribution in [0, 0.1) is 0 Å². The summed E-state index contributed by atoms with van der Waals surface area (Å²) in [5, 5.41) is 9.32. The minimum atomic E-state index is 0.205. The van der Waals surface area contributed by atoms with Crippen LogP contribution in [0.15, 0.2) is 22.7 Å². The maximum atomic E-state index is 9.32. The van der Waals surface area contributed by atoms with Crippen molar-refractivity contribution in [1.82, 2.24) is 0 Å². The largest absolute Gasteiger partial charge is 0.507 e. The molecule has 1 aromatic rings. The first-order valence-electron chi connectivity index (χ1n) is 4.37. The second kappa shape index (κ2) is 3.00. The molecular formula is C10H12BrNO. The van der Waals surface area contributed by atoms with Gasteiger partial charge in [0.25, 0.3) is 0 Å². The van der Waals surface area contributed by atoms with E-state index in [1.165, 1.54) is 18.4 Å². The van der Waals surface area contributed by atoms with Gasteiger partial charge in [0, 0.05) is 12.0 Å². The number of aromatic hydroxyl groups is 1. The van der Waals surface area contributed by atoms with E-state index in [0.29, 0.717) is 6.54 Å². The third-order valence-electron chi connectivity index (χ3n) is 2.80. The van der Waals surface area contributed by atoms with E-state index in [1.807, 2.05) is 12.1 Å². The number of halogens is 1. The summed E-state index contributed by atoms with van der Waals surface area (Å²) >= 11 is 3.30. The summed E-state index contributed by atoms with van der Waals surface area (Å²) in [6.45, 7) is 0.699. The zero-order chi connectivity index (χ0) is 9.47. The van der Waals surface area contributed by atoms with Gasteiger partial charge in [-0.05, 0) is 46.5 Å². The van der Waals surface area contributed by atoms with E-state index >= 15 is 0 Å². The summed E-state index contributed by atoms with van der Waals surface area (Å²) in [6, 6.07) is 5.64. The lowest BCUT2D eigenvalue weighted by molar-refractivity contribution is 0.471. The Morgan fingerprint density at radius 3 is 2.62 bits per heavy atom. The zero-order valence-corrected chi connectivity index (χ0v) is 8.84. The third-order valence-corrected chi connectivity index (χ3v) is 3.44. The average molecular weight is 242 g/mol. The van der Waals surface area contributed by atoms with Crippen LogP contribution in [0.4, 0.5) is 0 Å². The number of benzene rings is 1. The van der Waals surface area contributed by atoms with E-state index in [4.69, 9.17) is 5.73 Å². The van der Waals surface area contributed by atoms with Crippen molar-refractivity contribution in [3.8, 4) is 5.75 Å². The molecule has 2 nitrogen and oxygen atoms in total. The molecule has 0 amide bonds. The lowest BCUT2D eigenvalue weighted by atomic mass is 9.96. The minimum absolute atomic E-state index is 0.205. The standard InChI is InChI=1S/C10H12BrNO/c11-8-5-7(1-2-9(8)13)10(6-12)3-4-10/h1-2,5,13H,3-4,6,12H2. The summed E-state index contributed by atoms with van der Waals surface area (Å²) < 4.78 is 0.754. The summed E-state index contributed by atoms with van der Waals surface area (Å²) in [5.74, 6) is 0.288. The summed E-state index contributed by atoms with van der Waals surface area (Å²) in [5.41, 5.74) is 7.15. The molecule has 1 aromatic carbocycles. The highest BCUT2D eigenvalue weighted by Crippen LogP contribution is 2.48. The van der Waals surface area contributed by atoms with Crippen molar-refractivity contribution in [2.45, 2.75) is 18.3 Å². The van der Waals surface area contributed by atoms with Crippen molar-refractivity contribution in [2.75, 3.05) is 6.54 Å². The first kappa shape index (κ1) is 9.03. The second-order valence-electron chi connectivity index (χ2n) is 3.65. The first-order chi connectivity index (χ1) is 6.18. The molecule has 0 radical (unpaired) electrons. The molecule has 1 aliphatic carbocycles. The van der Waals surface area contributed by atoms with Crippen LogP contribution in [-0.2, 0) is 5.41 Å². The Morgan fingerprint density at radius 1 is 1.46 bits per heavy atom. The lowest BCUT2D eigenvalue weighted by Gasteiger charge is -2.13. The minimum Gasteiger partial charge on any atom is -0.507 e. The van der Waals surface area contributed by atoms with Crippen LogP contribution < -0.4 is 5.73 Å². The molecule has 13 heavy (non-hydrogen) atoms. The molecule has 1 fully saturated rings. The Kier molecular flexibility index (Phi) is 2.08. The molecule has 0 unspecified atom stereocenters. The zero-order valence-electron chi connectivity index (χ0n) is 7.26. The van der Waals surface area contributed by atoms with Gasteiger partial charge in [0.2, 0.25) is 0 Å². The van der Waals surface area contributed by atoms with Gasteiger partial charge in [-0.2, -0.15) is 0 Å². The third kappa shape index (κ3) is 1.46. The molecule has 0 heterocycles. The van der Waals surface area contributed by atoms with Gasteiger partial charge in [-0.1, -0.05) is 6.07 Å². The van der Waals surface area contributed by atoms with E-state index in [0.717, 1.165) is 4.47 Å². The van der Waals surface area contributed by atoms with E-state index in [9.17, 15) is 5.11 Å². The molecule has 1 aliphatic rings. The molecular weight excluding hydrogens is 230 g/mol. The van der Waals surface area contributed by atoms with Crippen LogP contribution in [0.5, 0.6) is 5.75 Å². The van der Waals surface area contributed by atoms with Crippen molar-refractivity contribution in [3.05, 3.63) is 28.2 Å². The fourth-order valence-corrected chi connectivity index (χ4v) is 1.98. The Balaban J connectivity index is 2.37. The smallest absolute Gasteiger partial charge is 0.129 e. The SMILES string of the molecule is NCC1(c2ccc(O)c(Br)c2)CC1. The number of nitrogens with two attached hydrogens (primary N) is 1. The van der Waals surface area contributed by atoms with Crippen LogP contribution in [0.25, 0.3) is 0 Å². The highest BCUT2D eigenvalue weighted by atomic mass is 79.9. The van der Waals surface area contributed by atoms with Crippen molar-refractivity contribution in [2.24, 2.45) is 5.73 Å². The molecule has 3 heteroatoms. The van der Waals surface area contributed by atoms with Gasteiger partial charge >= 0.3 is 0 Å². The molecule has 0 aromatic heterocycles. The molecule has 3 N–H and O–H groups in total. The highest BCUT2D eigenvalue weighted by Gasteiger charge is 2.42. The Hall–Kier alpha value is -0.540. The van der Waals surface area contributed by atoms with E-state index in [-0.39, 0.29) is 11.2 Å². The topological polar surface area (TPSA) is 46.2 Å². The van der Waals surface area contributed by atoms with Crippen LogP contribution >= 0.6 is 15.9 Å². The monoisotopic (exact) mass is 241 g/mol. The number of hydrogen-bond donors (Lipinski definition) is 2. The van der Waals surface area contributed by atoms with Crippen molar-refractivity contribution in [1.29, 1.82) is 0 Å². The van der Waals surface area contributed by atoms with Crippen LogP contribution in [-0.4, -0.2) is 11.7 Å². The predicted molar refractivity (Wildman–Crippen MR) is 55.8 cm³/mol. The van der Waals surface area contributed by atoms with Crippen LogP contribution in [0.1, 0.15) is 18.4 Å². The van der Waals surface area contributed by atoms with Gasteiger partial charge in [0.15, 0.2) is 0 Å². The van der Waals surface area contributed by atoms with Gasteiger partial charge in [0.1, 0.15) is 5.75 Å². The van der Waals surface area contributed by atoms with Gasteiger partial charge in [0.05, 0.1) is 4.47 Å². The van der Waals surface area contributed by atoms with Crippen LogP contribution in [0.2, 0.25) is 0 Å². The van der Waals surface area contributed by atoms with Gasteiger partial charge in [-0.15, -0.1) is 0 Å². The van der Waals surface area contributed by atoms with Crippen LogP contribution in [0.3, 0.4) is 0 Å². The van der Waals surface area contributed by atoms with Crippen molar-refractivity contribution < 1.29 is 5.11 Å². The Labute approximate surface area is 85.9 Å². The quantitative estimate of drug-likeness (QED) is 0.834. The number of hydrogen-bond acceptors (Lipinski definition) is 2. The molecule has 0 bridgehead atoms. The van der Waals surface area contributed by atoms with Gasteiger partial charge in [-0.3, -0.25) is 0 Å². The van der Waals surface area contributed by atoms with Crippen molar-refractivity contribution >= 4 is 15.9 Å². The molecule has 1 saturated carbocycles. The molecule has 0 atom stereocenters. The van der Waals surface area contributed by atoms with Gasteiger partial charge in [-0.25, -0.2) is 0 Å². The highest BCUT2D eigenvalue weighted by molar-refractivity contribution is 9.10.